The van der Waals surface area contributed by atoms with Crippen LogP contribution in [0, 0.1) is 0 Å². The van der Waals surface area contributed by atoms with Crippen LogP contribution in [0.1, 0.15) is 56.4 Å². The number of benzene rings is 1. The van der Waals surface area contributed by atoms with E-state index in [4.69, 9.17) is 21.1 Å². The van der Waals surface area contributed by atoms with E-state index in [1.807, 2.05) is 12.1 Å². The summed E-state index contributed by atoms with van der Waals surface area (Å²) in [5, 5.41) is 0.0778. The standard InChI is InChI=1S/C16H23ClO2/c1-2-3-4-5-7-14(17)13-8-9-15-16(12-13)19-11-6-10-18-15/h8-9,12,14H,2-7,10-11H2,1H3. The number of alkyl halides is 1. The summed E-state index contributed by atoms with van der Waals surface area (Å²) in [7, 11) is 0. The summed E-state index contributed by atoms with van der Waals surface area (Å²) >= 11 is 6.47. The van der Waals surface area contributed by atoms with Crippen LogP contribution in [0.4, 0.5) is 0 Å². The summed E-state index contributed by atoms with van der Waals surface area (Å²) < 4.78 is 11.3. The van der Waals surface area contributed by atoms with Gasteiger partial charge in [-0.1, -0.05) is 38.7 Å². The zero-order chi connectivity index (χ0) is 13.5. The third-order valence-corrected chi connectivity index (χ3v) is 3.91. The summed E-state index contributed by atoms with van der Waals surface area (Å²) in [5.74, 6) is 1.69. The van der Waals surface area contributed by atoms with Crippen molar-refractivity contribution >= 4 is 11.6 Å². The predicted octanol–water partition coefficient (Wildman–Crippen LogP) is 5.10. The fourth-order valence-electron chi connectivity index (χ4n) is 2.29. The van der Waals surface area contributed by atoms with Crippen molar-refractivity contribution in [3.05, 3.63) is 23.8 Å². The first-order valence-electron chi connectivity index (χ1n) is 7.35. The minimum Gasteiger partial charge on any atom is -0.490 e. The number of ether oxygens (including phenoxy) is 2. The van der Waals surface area contributed by atoms with Gasteiger partial charge in [-0.05, 0) is 24.1 Å². The highest BCUT2D eigenvalue weighted by atomic mass is 35.5. The highest BCUT2D eigenvalue weighted by Crippen LogP contribution is 2.35. The Labute approximate surface area is 121 Å². The van der Waals surface area contributed by atoms with Gasteiger partial charge in [0.2, 0.25) is 0 Å². The van der Waals surface area contributed by atoms with E-state index in [1.54, 1.807) is 0 Å². The van der Waals surface area contributed by atoms with Gasteiger partial charge in [-0.25, -0.2) is 0 Å². The van der Waals surface area contributed by atoms with E-state index in [0.29, 0.717) is 0 Å². The second-order valence-electron chi connectivity index (χ2n) is 5.07. The van der Waals surface area contributed by atoms with Gasteiger partial charge in [-0.3, -0.25) is 0 Å². The van der Waals surface area contributed by atoms with Crippen molar-refractivity contribution in [2.24, 2.45) is 0 Å². The number of hydrogen-bond acceptors (Lipinski definition) is 2. The number of fused-ring (bicyclic) bond motifs is 1. The van der Waals surface area contributed by atoms with Crippen LogP contribution < -0.4 is 9.47 Å². The molecule has 1 unspecified atom stereocenters. The molecule has 0 aromatic heterocycles. The van der Waals surface area contributed by atoms with E-state index in [0.717, 1.165) is 43.1 Å². The van der Waals surface area contributed by atoms with Crippen molar-refractivity contribution in [2.45, 2.75) is 50.8 Å². The molecule has 0 amide bonds. The second-order valence-corrected chi connectivity index (χ2v) is 5.60. The van der Waals surface area contributed by atoms with Crippen LogP contribution in [0.15, 0.2) is 18.2 Å². The van der Waals surface area contributed by atoms with Crippen LogP contribution in [0.5, 0.6) is 11.5 Å². The van der Waals surface area contributed by atoms with E-state index < -0.39 is 0 Å². The molecule has 1 aromatic rings. The number of unbranched alkanes of at least 4 members (excludes halogenated alkanes) is 3. The molecule has 0 saturated heterocycles. The molecular weight excluding hydrogens is 260 g/mol. The summed E-state index contributed by atoms with van der Waals surface area (Å²) in [4.78, 5) is 0. The molecule has 0 aliphatic carbocycles. The lowest BCUT2D eigenvalue weighted by molar-refractivity contribution is 0.297. The van der Waals surface area contributed by atoms with Gasteiger partial charge in [0.05, 0.1) is 18.6 Å². The number of halogens is 1. The molecule has 0 spiro atoms. The molecule has 2 nitrogen and oxygen atoms in total. The monoisotopic (exact) mass is 282 g/mol. The van der Waals surface area contributed by atoms with Crippen LogP contribution in [-0.2, 0) is 0 Å². The molecule has 19 heavy (non-hydrogen) atoms. The van der Waals surface area contributed by atoms with Crippen molar-refractivity contribution in [3.8, 4) is 11.5 Å². The molecule has 0 saturated carbocycles. The minimum absolute atomic E-state index is 0.0778. The lowest BCUT2D eigenvalue weighted by atomic mass is 10.0. The normalized spacial score (nSPS) is 15.9. The predicted molar refractivity (Wildman–Crippen MR) is 79.4 cm³/mol. The number of hydrogen-bond donors (Lipinski definition) is 0. The Morgan fingerprint density at radius 3 is 2.68 bits per heavy atom. The topological polar surface area (TPSA) is 18.5 Å². The van der Waals surface area contributed by atoms with E-state index >= 15 is 0 Å². The van der Waals surface area contributed by atoms with Crippen molar-refractivity contribution in [3.63, 3.8) is 0 Å². The van der Waals surface area contributed by atoms with Gasteiger partial charge in [0.25, 0.3) is 0 Å². The van der Waals surface area contributed by atoms with E-state index in [2.05, 4.69) is 13.0 Å². The van der Waals surface area contributed by atoms with Crippen molar-refractivity contribution in [2.75, 3.05) is 13.2 Å². The zero-order valence-corrected chi connectivity index (χ0v) is 12.4. The van der Waals surface area contributed by atoms with Gasteiger partial charge in [-0.2, -0.15) is 0 Å². The maximum Gasteiger partial charge on any atom is 0.161 e. The maximum absolute atomic E-state index is 6.47. The average Bonchev–Trinajstić information content (AvgIpc) is 2.67. The molecule has 1 aliphatic rings. The Kier molecular flexibility index (Phi) is 5.84. The average molecular weight is 283 g/mol. The van der Waals surface area contributed by atoms with Crippen LogP contribution >= 0.6 is 11.6 Å². The van der Waals surface area contributed by atoms with Gasteiger partial charge in [0.1, 0.15) is 0 Å². The highest BCUT2D eigenvalue weighted by molar-refractivity contribution is 6.20. The van der Waals surface area contributed by atoms with Crippen molar-refractivity contribution < 1.29 is 9.47 Å². The smallest absolute Gasteiger partial charge is 0.161 e. The van der Waals surface area contributed by atoms with Gasteiger partial charge in [-0.15, -0.1) is 11.6 Å². The molecule has 0 fully saturated rings. The Morgan fingerprint density at radius 2 is 1.89 bits per heavy atom. The SMILES string of the molecule is CCCCCCC(Cl)c1ccc2c(c1)OCCCO2. The van der Waals surface area contributed by atoms with Crippen molar-refractivity contribution in [1.82, 2.24) is 0 Å². The molecule has 106 valence electrons. The Morgan fingerprint density at radius 1 is 1.11 bits per heavy atom. The lowest BCUT2D eigenvalue weighted by Crippen LogP contribution is -1.97. The third-order valence-electron chi connectivity index (χ3n) is 3.44. The van der Waals surface area contributed by atoms with Crippen LogP contribution in [0.3, 0.4) is 0 Å². The van der Waals surface area contributed by atoms with Crippen LogP contribution in [0.2, 0.25) is 0 Å². The summed E-state index contributed by atoms with van der Waals surface area (Å²) in [6.45, 7) is 3.68. The van der Waals surface area contributed by atoms with E-state index in [-0.39, 0.29) is 5.38 Å². The third kappa shape index (κ3) is 4.31. The largest absolute Gasteiger partial charge is 0.490 e. The Hall–Kier alpha value is -0.890. The van der Waals surface area contributed by atoms with Crippen molar-refractivity contribution in [1.29, 1.82) is 0 Å². The Bertz CT molecular complexity index is 392. The van der Waals surface area contributed by atoms with E-state index in [9.17, 15) is 0 Å². The summed E-state index contributed by atoms with van der Waals surface area (Å²) in [5.41, 5.74) is 1.14. The van der Waals surface area contributed by atoms with Crippen LogP contribution in [0.25, 0.3) is 0 Å². The highest BCUT2D eigenvalue weighted by Gasteiger charge is 2.14. The zero-order valence-electron chi connectivity index (χ0n) is 11.7. The first kappa shape index (κ1) is 14.5. The summed E-state index contributed by atoms with van der Waals surface area (Å²) in [6, 6.07) is 6.08. The second kappa shape index (κ2) is 7.64. The minimum atomic E-state index is 0.0778. The molecule has 1 heterocycles. The molecule has 1 aromatic carbocycles. The molecule has 0 bridgehead atoms. The van der Waals surface area contributed by atoms with Gasteiger partial charge in [0.15, 0.2) is 11.5 Å². The van der Waals surface area contributed by atoms with Gasteiger partial charge >= 0.3 is 0 Å². The maximum atomic E-state index is 6.47. The van der Waals surface area contributed by atoms with E-state index in [1.165, 1.54) is 25.7 Å². The first-order valence-corrected chi connectivity index (χ1v) is 7.78. The Balaban J connectivity index is 1.94. The lowest BCUT2D eigenvalue weighted by Gasteiger charge is -2.13. The molecule has 1 atom stereocenters. The molecule has 0 N–H and O–H groups in total. The summed E-state index contributed by atoms with van der Waals surface area (Å²) in [6.07, 6.45) is 6.98. The molecule has 2 rings (SSSR count). The van der Waals surface area contributed by atoms with Crippen LogP contribution in [-0.4, -0.2) is 13.2 Å². The molecule has 3 heteroatoms. The molecule has 0 radical (unpaired) electrons. The molecule has 1 aliphatic heterocycles. The van der Waals surface area contributed by atoms with Gasteiger partial charge in [0, 0.05) is 6.42 Å². The first-order chi connectivity index (χ1) is 9.31. The quantitative estimate of drug-likeness (QED) is 0.534. The fourth-order valence-corrected chi connectivity index (χ4v) is 2.58. The number of rotatable bonds is 6. The fraction of sp³-hybridized carbons (Fsp3) is 0.625. The van der Waals surface area contributed by atoms with Gasteiger partial charge < -0.3 is 9.47 Å². The molecular formula is C16H23ClO2.